The minimum Gasteiger partial charge on any atom is -0.497 e. The highest BCUT2D eigenvalue weighted by Gasteiger charge is 2.64. The summed E-state index contributed by atoms with van der Waals surface area (Å²) in [6, 6.07) is 7.33. The second-order valence-corrected chi connectivity index (χ2v) is 11.6. The molecular weight excluding hydrogens is 406 g/mol. The van der Waals surface area contributed by atoms with E-state index in [9.17, 15) is 19.2 Å². The molecular formula is C26H33NO5. The van der Waals surface area contributed by atoms with Crippen molar-refractivity contribution in [3.05, 3.63) is 24.3 Å². The predicted molar refractivity (Wildman–Crippen MR) is 121 cm³/mol. The largest absolute Gasteiger partial charge is 0.497 e. The molecule has 0 N–H and O–H groups in total. The lowest BCUT2D eigenvalue weighted by Gasteiger charge is -2.54. The van der Waals surface area contributed by atoms with Crippen LogP contribution in [0.2, 0.25) is 0 Å². The molecule has 0 unspecified atom stereocenters. The predicted octanol–water partition coefficient (Wildman–Crippen LogP) is 3.79. The van der Waals surface area contributed by atoms with Crippen LogP contribution in [0.15, 0.2) is 24.3 Å². The number of methoxy groups -OCH3 is 1. The molecule has 2 spiro atoms. The maximum Gasteiger partial charge on any atom is 0.148 e. The van der Waals surface area contributed by atoms with Gasteiger partial charge in [0.2, 0.25) is 0 Å². The first-order valence-electron chi connectivity index (χ1n) is 11.3. The van der Waals surface area contributed by atoms with E-state index in [1.807, 2.05) is 56.9 Å². The molecule has 4 rings (SSSR count). The molecule has 6 heteroatoms. The van der Waals surface area contributed by atoms with E-state index in [0.29, 0.717) is 5.75 Å². The van der Waals surface area contributed by atoms with Crippen molar-refractivity contribution >= 4 is 28.8 Å². The molecule has 0 aromatic heterocycles. The number of anilines is 1. The summed E-state index contributed by atoms with van der Waals surface area (Å²) in [5.41, 5.74) is -2.67. The lowest BCUT2D eigenvalue weighted by molar-refractivity contribution is -0.159. The van der Waals surface area contributed by atoms with E-state index in [1.54, 1.807) is 7.11 Å². The van der Waals surface area contributed by atoms with Gasteiger partial charge < -0.3 is 9.64 Å². The van der Waals surface area contributed by atoms with E-state index in [2.05, 4.69) is 0 Å². The third kappa shape index (κ3) is 3.57. The van der Waals surface area contributed by atoms with E-state index in [0.717, 1.165) is 5.69 Å². The van der Waals surface area contributed by atoms with Gasteiger partial charge in [-0.15, -0.1) is 0 Å². The van der Waals surface area contributed by atoms with Crippen LogP contribution in [0.5, 0.6) is 5.75 Å². The van der Waals surface area contributed by atoms with Crippen LogP contribution in [0.4, 0.5) is 5.69 Å². The summed E-state index contributed by atoms with van der Waals surface area (Å²) >= 11 is 0. The monoisotopic (exact) mass is 439 g/mol. The number of ketones is 4. The SMILES string of the molecule is COc1ccc(N2CC3(CC4(C2)C(=O)CC(C)(C)CC4=O)C(=O)CC(C)(C)CC3=O)cc1. The molecule has 1 aromatic rings. The van der Waals surface area contributed by atoms with Crippen molar-refractivity contribution in [2.75, 3.05) is 25.1 Å². The fraction of sp³-hybridized carbons (Fsp3) is 0.615. The molecule has 2 saturated carbocycles. The number of piperidine rings is 1. The lowest BCUT2D eigenvalue weighted by Crippen LogP contribution is -2.66. The van der Waals surface area contributed by atoms with Gasteiger partial charge in [0.25, 0.3) is 0 Å². The normalized spacial score (nSPS) is 26.0. The molecule has 0 radical (unpaired) electrons. The molecule has 1 saturated heterocycles. The van der Waals surface area contributed by atoms with Gasteiger partial charge in [-0.2, -0.15) is 0 Å². The van der Waals surface area contributed by atoms with Crippen molar-refractivity contribution < 1.29 is 23.9 Å². The zero-order valence-electron chi connectivity index (χ0n) is 19.7. The van der Waals surface area contributed by atoms with Gasteiger partial charge in [0.1, 0.15) is 39.7 Å². The Labute approximate surface area is 189 Å². The van der Waals surface area contributed by atoms with Crippen LogP contribution >= 0.6 is 0 Å². The summed E-state index contributed by atoms with van der Waals surface area (Å²) in [6.07, 6.45) is 1.13. The van der Waals surface area contributed by atoms with Gasteiger partial charge >= 0.3 is 0 Å². The summed E-state index contributed by atoms with van der Waals surface area (Å²) in [5.74, 6) is 0.139. The average molecular weight is 440 g/mol. The van der Waals surface area contributed by atoms with Crippen LogP contribution in [0.3, 0.4) is 0 Å². The van der Waals surface area contributed by atoms with Crippen molar-refractivity contribution in [3.8, 4) is 5.75 Å². The van der Waals surface area contributed by atoms with Gasteiger partial charge in [-0.1, -0.05) is 27.7 Å². The molecule has 3 fully saturated rings. The Balaban J connectivity index is 1.82. The number of nitrogens with zero attached hydrogens (tertiary/aromatic N) is 1. The van der Waals surface area contributed by atoms with Gasteiger partial charge in [-0.05, 0) is 41.5 Å². The third-order valence-electron chi connectivity index (χ3n) is 7.65. The summed E-state index contributed by atoms with van der Waals surface area (Å²) in [6.45, 7) is 8.12. The highest BCUT2D eigenvalue weighted by atomic mass is 16.5. The number of benzene rings is 1. The zero-order chi connectivity index (χ0) is 23.5. The van der Waals surface area contributed by atoms with Crippen molar-refractivity contribution in [1.29, 1.82) is 0 Å². The van der Waals surface area contributed by atoms with Crippen LogP contribution < -0.4 is 9.64 Å². The third-order valence-corrected chi connectivity index (χ3v) is 7.65. The number of hydrogen-bond acceptors (Lipinski definition) is 6. The molecule has 1 heterocycles. The minimum absolute atomic E-state index is 0.0220. The first kappa shape index (κ1) is 22.7. The van der Waals surface area contributed by atoms with Crippen molar-refractivity contribution in [3.63, 3.8) is 0 Å². The average Bonchev–Trinajstić information content (AvgIpc) is 2.69. The maximum absolute atomic E-state index is 13.6. The highest BCUT2D eigenvalue weighted by molar-refractivity contribution is 6.15. The second kappa shape index (κ2) is 7.26. The quantitative estimate of drug-likeness (QED) is 0.652. The van der Waals surface area contributed by atoms with Crippen molar-refractivity contribution in [1.82, 2.24) is 0 Å². The fourth-order valence-corrected chi connectivity index (χ4v) is 5.91. The van der Waals surface area contributed by atoms with E-state index in [1.165, 1.54) is 0 Å². The number of ether oxygens (including phenoxy) is 1. The van der Waals surface area contributed by atoms with Gasteiger partial charge in [-0.3, -0.25) is 19.2 Å². The second-order valence-electron chi connectivity index (χ2n) is 11.6. The Morgan fingerprint density at radius 3 is 1.41 bits per heavy atom. The summed E-state index contributed by atoms with van der Waals surface area (Å²) in [7, 11) is 1.59. The number of Topliss-reactive ketones (excluding diaryl/α,β-unsaturated/α-hetero) is 4. The standard InChI is InChI=1S/C26H33NO5/c1-23(2)10-19(28)25(20(29)11-23)14-26(21(30)12-24(3,4)13-22(26)31)16-27(15-25)17-6-8-18(32-5)9-7-17/h6-9H,10-16H2,1-5H3. The van der Waals surface area contributed by atoms with Gasteiger partial charge in [-0.25, -0.2) is 0 Å². The first-order valence-corrected chi connectivity index (χ1v) is 11.3. The van der Waals surface area contributed by atoms with Gasteiger partial charge in [0, 0.05) is 44.5 Å². The highest BCUT2D eigenvalue weighted by Crippen LogP contribution is 2.54. The Bertz CT molecular complexity index is 892. The van der Waals surface area contributed by atoms with Gasteiger partial charge in [0.15, 0.2) is 0 Å². The van der Waals surface area contributed by atoms with Crippen LogP contribution in [0.1, 0.15) is 59.8 Å². The van der Waals surface area contributed by atoms with E-state index in [-0.39, 0.29) is 68.3 Å². The molecule has 32 heavy (non-hydrogen) atoms. The van der Waals surface area contributed by atoms with Crippen LogP contribution in [0.25, 0.3) is 0 Å². The fourth-order valence-electron chi connectivity index (χ4n) is 5.91. The first-order chi connectivity index (χ1) is 14.8. The van der Waals surface area contributed by atoms with E-state index >= 15 is 0 Å². The summed E-state index contributed by atoms with van der Waals surface area (Å²) < 4.78 is 5.26. The molecule has 1 aromatic carbocycles. The molecule has 0 amide bonds. The Morgan fingerprint density at radius 2 is 1.06 bits per heavy atom. The lowest BCUT2D eigenvalue weighted by atomic mass is 9.51. The molecule has 2 aliphatic carbocycles. The van der Waals surface area contributed by atoms with Gasteiger partial charge in [0.05, 0.1) is 7.11 Å². The Morgan fingerprint density at radius 1 is 0.688 bits per heavy atom. The van der Waals surface area contributed by atoms with Crippen molar-refractivity contribution in [2.45, 2.75) is 59.8 Å². The zero-order valence-corrected chi connectivity index (χ0v) is 19.7. The molecule has 1 aliphatic heterocycles. The van der Waals surface area contributed by atoms with Crippen LogP contribution in [-0.4, -0.2) is 43.3 Å². The number of rotatable bonds is 2. The number of hydrogen-bond donors (Lipinski definition) is 0. The van der Waals surface area contributed by atoms with Crippen LogP contribution in [-0.2, 0) is 19.2 Å². The van der Waals surface area contributed by atoms with Crippen LogP contribution in [0, 0.1) is 21.7 Å². The molecule has 6 nitrogen and oxygen atoms in total. The molecule has 3 aliphatic rings. The molecule has 0 bridgehead atoms. The minimum atomic E-state index is -1.32. The summed E-state index contributed by atoms with van der Waals surface area (Å²) in [4.78, 5) is 56.1. The number of carbonyl (C=O) groups excluding carboxylic acids is 4. The van der Waals surface area contributed by atoms with Crippen molar-refractivity contribution in [2.24, 2.45) is 21.7 Å². The van der Waals surface area contributed by atoms with E-state index < -0.39 is 21.7 Å². The van der Waals surface area contributed by atoms with E-state index in [4.69, 9.17) is 4.74 Å². The molecule has 0 atom stereocenters. The topological polar surface area (TPSA) is 80.8 Å². The number of carbonyl (C=O) groups is 4. The smallest absolute Gasteiger partial charge is 0.148 e. The maximum atomic E-state index is 13.6. The summed E-state index contributed by atoms with van der Waals surface area (Å²) in [5, 5.41) is 0. The molecule has 172 valence electrons. The Hall–Kier alpha value is -2.50. The Kier molecular flexibility index (Phi) is 5.14.